The van der Waals surface area contributed by atoms with Crippen molar-refractivity contribution in [1.82, 2.24) is 4.72 Å². The maximum Gasteiger partial charge on any atom is 0.338 e. The molecule has 0 amide bonds. The summed E-state index contributed by atoms with van der Waals surface area (Å²) in [7, 11) is -2.58. The van der Waals surface area contributed by atoms with Crippen LogP contribution in [0.2, 0.25) is 0 Å². The number of aryl methyl sites for hydroxylation is 1. The first-order valence-electron chi connectivity index (χ1n) is 11.7. The van der Waals surface area contributed by atoms with E-state index in [1.807, 2.05) is 63.3 Å². The third kappa shape index (κ3) is 11.2. The van der Waals surface area contributed by atoms with Gasteiger partial charge >= 0.3 is 5.97 Å². The molecule has 1 N–H and O–H groups in total. The predicted octanol–water partition coefficient (Wildman–Crippen LogP) is 7.18. The molecule has 0 heterocycles. The lowest BCUT2D eigenvalue weighted by Gasteiger charge is -2.11. The van der Waals surface area contributed by atoms with Crippen molar-refractivity contribution < 1.29 is 17.9 Å². The van der Waals surface area contributed by atoms with Crippen LogP contribution < -0.4 is 4.72 Å². The van der Waals surface area contributed by atoms with Crippen molar-refractivity contribution >= 4 is 22.1 Å². The summed E-state index contributed by atoms with van der Waals surface area (Å²) < 4.78 is 32.8. The molecule has 0 saturated heterocycles. The van der Waals surface area contributed by atoms with Gasteiger partial charge in [-0.3, -0.25) is 4.72 Å². The van der Waals surface area contributed by atoms with Gasteiger partial charge in [0, 0.05) is 5.70 Å². The smallest absolute Gasteiger partial charge is 0.338 e. The van der Waals surface area contributed by atoms with Crippen molar-refractivity contribution in [3.8, 4) is 0 Å². The van der Waals surface area contributed by atoms with Gasteiger partial charge in [-0.1, -0.05) is 93.8 Å². The first-order chi connectivity index (χ1) is 17.2. The Kier molecular flexibility index (Phi) is 16.0. The molecule has 0 saturated carbocycles. The summed E-state index contributed by atoms with van der Waals surface area (Å²) in [5, 5.41) is 0. The van der Waals surface area contributed by atoms with Crippen LogP contribution in [0.4, 0.5) is 0 Å². The van der Waals surface area contributed by atoms with E-state index in [4.69, 9.17) is 4.74 Å². The molecular formula is C30H39NO4S. The zero-order chi connectivity index (χ0) is 27.6. The van der Waals surface area contributed by atoms with Crippen molar-refractivity contribution in [3.63, 3.8) is 0 Å². The number of nitrogens with one attached hydrogen (secondary N) is 1. The fourth-order valence-corrected chi connectivity index (χ4v) is 3.91. The maximum atomic E-state index is 12.8. The van der Waals surface area contributed by atoms with Crippen LogP contribution in [0.25, 0.3) is 6.08 Å². The maximum absolute atomic E-state index is 12.8. The summed E-state index contributed by atoms with van der Waals surface area (Å²) in [6.07, 6.45) is 13.3. The molecule has 0 bridgehead atoms. The molecule has 0 atom stereocenters. The number of allylic oxidation sites excluding steroid dienone is 6. The van der Waals surface area contributed by atoms with Gasteiger partial charge in [-0.2, -0.15) is 0 Å². The van der Waals surface area contributed by atoms with Crippen molar-refractivity contribution in [2.75, 3.05) is 7.11 Å². The van der Waals surface area contributed by atoms with Crippen LogP contribution in [0.3, 0.4) is 0 Å². The average Bonchev–Trinajstić information content (AvgIpc) is 2.90. The number of carbonyl (C=O) groups is 1. The molecule has 2 rings (SSSR count). The van der Waals surface area contributed by atoms with E-state index in [0.29, 0.717) is 17.7 Å². The normalized spacial score (nSPS) is 11.1. The zero-order valence-electron chi connectivity index (χ0n) is 22.2. The fraction of sp³-hybridized carbons (Fsp3) is 0.233. The van der Waals surface area contributed by atoms with Gasteiger partial charge < -0.3 is 4.74 Å². The van der Waals surface area contributed by atoms with E-state index >= 15 is 0 Å². The van der Waals surface area contributed by atoms with Gasteiger partial charge in [0.15, 0.2) is 0 Å². The summed E-state index contributed by atoms with van der Waals surface area (Å²) in [6.45, 7) is 16.2. The van der Waals surface area contributed by atoms with Gasteiger partial charge in [-0.25, -0.2) is 13.2 Å². The number of sulfonamides is 1. The van der Waals surface area contributed by atoms with Crippen molar-refractivity contribution in [1.29, 1.82) is 0 Å². The number of hydrogen-bond donors (Lipinski definition) is 1. The summed E-state index contributed by atoms with van der Waals surface area (Å²) in [4.78, 5) is 11.9. The summed E-state index contributed by atoms with van der Waals surface area (Å²) in [5.74, 6) is -0.573. The lowest BCUT2D eigenvalue weighted by Crippen LogP contribution is -2.23. The lowest BCUT2D eigenvalue weighted by molar-refractivity contribution is 0.0599. The van der Waals surface area contributed by atoms with Crippen LogP contribution in [-0.4, -0.2) is 21.5 Å². The molecule has 0 aliphatic carbocycles. The largest absolute Gasteiger partial charge is 0.465 e. The van der Waals surface area contributed by atoms with Gasteiger partial charge in [0.1, 0.15) is 0 Å². The lowest BCUT2D eigenvalue weighted by atomic mass is 10.1. The summed E-state index contributed by atoms with van der Waals surface area (Å²) in [5.41, 5.74) is 3.57. The molecule has 0 fully saturated rings. The van der Waals surface area contributed by atoms with Crippen LogP contribution in [0.1, 0.15) is 54.7 Å². The Bertz CT molecular complexity index is 1170. The number of benzene rings is 2. The summed E-state index contributed by atoms with van der Waals surface area (Å²) in [6, 6.07) is 12.5. The van der Waals surface area contributed by atoms with E-state index < -0.39 is 16.0 Å². The van der Waals surface area contributed by atoms with Crippen LogP contribution in [0.5, 0.6) is 0 Å². The van der Waals surface area contributed by atoms with Crippen LogP contribution in [-0.2, 0) is 21.2 Å². The highest BCUT2D eigenvalue weighted by Gasteiger charge is 2.18. The Labute approximate surface area is 217 Å². The first kappa shape index (κ1) is 32.4. The highest BCUT2D eigenvalue weighted by atomic mass is 32.2. The number of esters is 1. The second kappa shape index (κ2) is 17.7. The molecule has 0 aromatic heterocycles. The standard InChI is InChI=1S/C24H27NO4S.C4H6.C2H6/c1-5-8-19-12-14-20(15-13-19)9-7-10-21(6-2)25-30(27,28)22-16-11-18(3)23(17-22)24(26)29-4;1-3-4-2;1-2/h5-8,10-17,25H,9H2,1-4H3;3-4H,1-2H2;1-2H3/b8-5+,10-7-,21-6+;;. The fourth-order valence-electron chi connectivity index (χ4n) is 2.78. The molecule has 0 spiro atoms. The van der Waals surface area contributed by atoms with Gasteiger partial charge in [0.2, 0.25) is 0 Å². The third-order valence-electron chi connectivity index (χ3n) is 4.64. The minimum absolute atomic E-state index is 0.000757. The molecule has 2 aromatic carbocycles. The SMILES string of the molecule is C/C=C/c1ccc(C/C=C\C(=C/C)NS(=O)(=O)c2ccc(C)c(C(=O)OC)c2)cc1.C=CC=C.CC. The van der Waals surface area contributed by atoms with E-state index in [9.17, 15) is 13.2 Å². The Balaban J connectivity index is 0.00000185. The minimum Gasteiger partial charge on any atom is -0.465 e. The highest BCUT2D eigenvalue weighted by Crippen LogP contribution is 2.17. The second-order valence-electron chi connectivity index (χ2n) is 7.14. The van der Waals surface area contributed by atoms with Gasteiger partial charge in [0.05, 0.1) is 17.6 Å². The monoisotopic (exact) mass is 509 g/mol. The van der Waals surface area contributed by atoms with Crippen LogP contribution in [0.15, 0.2) is 103 Å². The van der Waals surface area contributed by atoms with E-state index in [2.05, 4.69) is 17.9 Å². The second-order valence-corrected chi connectivity index (χ2v) is 8.82. The molecular weight excluding hydrogens is 470 g/mol. The number of ether oxygens (including phenoxy) is 1. The molecule has 194 valence electrons. The van der Waals surface area contributed by atoms with E-state index in [0.717, 1.165) is 11.1 Å². The molecule has 2 aromatic rings. The first-order valence-corrected chi connectivity index (χ1v) is 13.2. The van der Waals surface area contributed by atoms with Gasteiger partial charge in [-0.15, -0.1) is 0 Å². The van der Waals surface area contributed by atoms with Gasteiger partial charge in [-0.05, 0) is 62.1 Å². The van der Waals surface area contributed by atoms with E-state index in [1.165, 1.54) is 19.2 Å². The number of carbonyl (C=O) groups excluding carboxylic acids is 1. The number of methoxy groups -OCH3 is 1. The number of rotatable bonds is 9. The molecule has 6 heteroatoms. The molecule has 5 nitrogen and oxygen atoms in total. The van der Waals surface area contributed by atoms with Crippen LogP contribution in [0, 0.1) is 6.92 Å². The molecule has 0 aliphatic rings. The zero-order valence-corrected chi connectivity index (χ0v) is 23.1. The highest BCUT2D eigenvalue weighted by molar-refractivity contribution is 7.89. The predicted molar refractivity (Wildman–Crippen MR) is 152 cm³/mol. The Morgan fingerprint density at radius 3 is 2.14 bits per heavy atom. The Hall–Kier alpha value is -3.64. The molecule has 36 heavy (non-hydrogen) atoms. The Morgan fingerprint density at radius 2 is 1.64 bits per heavy atom. The van der Waals surface area contributed by atoms with E-state index in [-0.39, 0.29) is 10.5 Å². The quantitative estimate of drug-likeness (QED) is 0.287. The number of hydrogen-bond acceptors (Lipinski definition) is 4. The van der Waals surface area contributed by atoms with E-state index in [1.54, 1.807) is 44.2 Å². The van der Waals surface area contributed by atoms with Crippen molar-refractivity contribution in [2.45, 2.75) is 45.9 Å². The Morgan fingerprint density at radius 1 is 1.03 bits per heavy atom. The van der Waals surface area contributed by atoms with Crippen LogP contribution >= 0.6 is 0 Å². The molecule has 0 unspecified atom stereocenters. The molecule has 0 aliphatic heterocycles. The molecule has 0 radical (unpaired) electrons. The topological polar surface area (TPSA) is 72.5 Å². The minimum atomic E-state index is -3.84. The third-order valence-corrected chi connectivity index (χ3v) is 6.02. The summed E-state index contributed by atoms with van der Waals surface area (Å²) >= 11 is 0. The van der Waals surface area contributed by atoms with Gasteiger partial charge in [0.25, 0.3) is 10.0 Å². The van der Waals surface area contributed by atoms with Crippen molar-refractivity contribution in [3.05, 3.63) is 120 Å². The average molecular weight is 510 g/mol. The van der Waals surface area contributed by atoms with Crippen molar-refractivity contribution in [2.24, 2.45) is 0 Å².